The van der Waals surface area contributed by atoms with Crippen molar-refractivity contribution in [2.75, 3.05) is 5.32 Å². The third kappa shape index (κ3) is 4.59. The van der Waals surface area contributed by atoms with Crippen LogP contribution in [0.2, 0.25) is 5.02 Å². The lowest BCUT2D eigenvalue weighted by Crippen LogP contribution is -2.24. The van der Waals surface area contributed by atoms with E-state index in [2.05, 4.69) is 25.7 Å². The van der Waals surface area contributed by atoms with Gasteiger partial charge in [-0.3, -0.25) is 19.1 Å². The molecule has 168 valence electrons. The van der Waals surface area contributed by atoms with Crippen molar-refractivity contribution in [3.05, 3.63) is 68.5 Å². The fourth-order valence-electron chi connectivity index (χ4n) is 3.09. The Morgan fingerprint density at radius 1 is 1.12 bits per heavy atom. The number of halogens is 2. The van der Waals surface area contributed by atoms with E-state index in [9.17, 15) is 18.8 Å². The number of carbonyl (C=O) groups excluding carboxylic acids is 3. The standard InChI is InChI=1S/C21H16ClFN6O3S/c1-10(30)14-5-6-15(33-14)20(31)27-19-16-18(29(2)28-19)17(26-9-25-16)21(32)24-8-11-3-4-13(23)12(22)7-11/h3-7,9H,8H2,1-2H3,(H,24,32)(H,27,28,31). The lowest BCUT2D eigenvalue weighted by molar-refractivity contribution is 0.0945. The fourth-order valence-corrected chi connectivity index (χ4v) is 4.09. The third-order valence-electron chi connectivity index (χ3n) is 4.68. The van der Waals surface area contributed by atoms with Crippen LogP contribution in [0.1, 0.15) is 42.3 Å². The largest absolute Gasteiger partial charge is 0.347 e. The number of carbonyl (C=O) groups is 3. The van der Waals surface area contributed by atoms with E-state index in [1.807, 2.05) is 0 Å². The predicted octanol–water partition coefficient (Wildman–Crippen LogP) is 3.60. The van der Waals surface area contributed by atoms with Crippen molar-refractivity contribution in [3.8, 4) is 0 Å². The average molecular weight is 487 g/mol. The van der Waals surface area contributed by atoms with E-state index < -0.39 is 17.6 Å². The number of fused-ring (bicyclic) bond motifs is 1. The molecule has 33 heavy (non-hydrogen) atoms. The van der Waals surface area contributed by atoms with Gasteiger partial charge in [0.05, 0.1) is 14.8 Å². The number of aryl methyl sites for hydroxylation is 1. The number of hydrogen-bond donors (Lipinski definition) is 2. The minimum Gasteiger partial charge on any atom is -0.347 e. The molecule has 0 atom stereocenters. The topological polar surface area (TPSA) is 119 Å². The van der Waals surface area contributed by atoms with Gasteiger partial charge in [0.25, 0.3) is 11.8 Å². The lowest BCUT2D eigenvalue weighted by Gasteiger charge is -2.07. The zero-order valence-electron chi connectivity index (χ0n) is 17.3. The quantitative estimate of drug-likeness (QED) is 0.402. The van der Waals surface area contributed by atoms with Gasteiger partial charge in [-0.15, -0.1) is 11.3 Å². The van der Waals surface area contributed by atoms with E-state index >= 15 is 0 Å². The van der Waals surface area contributed by atoms with E-state index in [4.69, 9.17) is 11.6 Å². The van der Waals surface area contributed by atoms with Crippen molar-refractivity contribution in [3.63, 3.8) is 0 Å². The molecule has 4 rings (SSSR count). The van der Waals surface area contributed by atoms with Crippen LogP contribution in [0.3, 0.4) is 0 Å². The molecule has 12 heteroatoms. The molecular weight excluding hydrogens is 471 g/mol. The molecule has 2 amide bonds. The normalized spacial score (nSPS) is 10.9. The highest BCUT2D eigenvalue weighted by Crippen LogP contribution is 2.24. The number of nitrogens with zero attached hydrogens (tertiary/aromatic N) is 4. The minimum atomic E-state index is -0.547. The van der Waals surface area contributed by atoms with Gasteiger partial charge < -0.3 is 10.6 Å². The number of Topliss-reactive ketones (excluding diaryl/α,β-unsaturated/α-hetero) is 1. The Morgan fingerprint density at radius 2 is 1.88 bits per heavy atom. The van der Waals surface area contributed by atoms with Crippen molar-refractivity contribution in [1.82, 2.24) is 25.1 Å². The Kier molecular flexibility index (Phi) is 6.16. The van der Waals surface area contributed by atoms with E-state index in [1.165, 1.54) is 36.1 Å². The SMILES string of the molecule is CC(=O)c1ccc(C(=O)Nc2nn(C)c3c(C(=O)NCc4ccc(F)c(Cl)c4)ncnc23)s1. The van der Waals surface area contributed by atoms with Crippen molar-refractivity contribution in [2.24, 2.45) is 7.05 Å². The number of nitrogens with one attached hydrogen (secondary N) is 2. The Balaban J connectivity index is 1.56. The maximum absolute atomic E-state index is 13.3. The zero-order chi connectivity index (χ0) is 23.7. The molecular formula is C21H16ClFN6O3S. The van der Waals surface area contributed by atoms with Gasteiger partial charge in [-0.1, -0.05) is 17.7 Å². The molecule has 0 aliphatic rings. The highest BCUT2D eigenvalue weighted by Gasteiger charge is 2.22. The number of aromatic nitrogens is 4. The van der Waals surface area contributed by atoms with Crippen LogP contribution in [-0.4, -0.2) is 37.3 Å². The Labute approximate surface area is 195 Å². The van der Waals surface area contributed by atoms with Crippen LogP contribution in [-0.2, 0) is 13.6 Å². The zero-order valence-corrected chi connectivity index (χ0v) is 18.9. The molecule has 0 aliphatic carbocycles. The predicted molar refractivity (Wildman–Crippen MR) is 121 cm³/mol. The van der Waals surface area contributed by atoms with E-state index in [0.29, 0.717) is 20.8 Å². The number of amides is 2. The molecule has 0 fully saturated rings. The summed E-state index contributed by atoms with van der Waals surface area (Å²) in [6.45, 7) is 1.52. The van der Waals surface area contributed by atoms with Crippen LogP contribution in [0.4, 0.5) is 10.2 Å². The number of ketones is 1. The first kappa shape index (κ1) is 22.5. The first-order chi connectivity index (χ1) is 15.7. The monoisotopic (exact) mass is 486 g/mol. The van der Waals surface area contributed by atoms with Crippen molar-refractivity contribution >= 4 is 57.4 Å². The van der Waals surface area contributed by atoms with Gasteiger partial charge >= 0.3 is 0 Å². The molecule has 4 aromatic rings. The minimum absolute atomic E-state index is 0.0423. The third-order valence-corrected chi connectivity index (χ3v) is 6.16. The summed E-state index contributed by atoms with van der Waals surface area (Å²) in [5.74, 6) is -1.49. The highest BCUT2D eigenvalue weighted by molar-refractivity contribution is 7.16. The van der Waals surface area contributed by atoms with Crippen LogP contribution in [0.5, 0.6) is 0 Å². The molecule has 2 N–H and O–H groups in total. The summed E-state index contributed by atoms with van der Waals surface area (Å²) in [4.78, 5) is 45.9. The van der Waals surface area contributed by atoms with Gasteiger partial charge in [-0.2, -0.15) is 5.10 Å². The molecule has 0 saturated heterocycles. The summed E-state index contributed by atoms with van der Waals surface area (Å²) in [5.41, 5.74) is 1.26. The van der Waals surface area contributed by atoms with Gasteiger partial charge in [0.15, 0.2) is 17.3 Å². The number of benzene rings is 1. The number of hydrogen-bond acceptors (Lipinski definition) is 7. The lowest BCUT2D eigenvalue weighted by atomic mass is 10.2. The first-order valence-electron chi connectivity index (χ1n) is 9.56. The fraction of sp³-hybridized carbons (Fsp3) is 0.143. The maximum Gasteiger partial charge on any atom is 0.272 e. The van der Waals surface area contributed by atoms with E-state index in [1.54, 1.807) is 19.2 Å². The number of thiophene rings is 1. The van der Waals surface area contributed by atoms with Crippen LogP contribution >= 0.6 is 22.9 Å². The molecule has 0 spiro atoms. The van der Waals surface area contributed by atoms with Gasteiger partial charge in [0.2, 0.25) is 0 Å². The first-order valence-corrected chi connectivity index (χ1v) is 10.8. The number of anilines is 1. The van der Waals surface area contributed by atoms with Crippen LogP contribution in [0.15, 0.2) is 36.7 Å². The van der Waals surface area contributed by atoms with Crippen LogP contribution in [0.25, 0.3) is 11.0 Å². The maximum atomic E-state index is 13.3. The Bertz CT molecular complexity index is 1420. The summed E-state index contributed by atoms with van der Waals surface area (Å²) in [5, 5.41) is 9.59. The van der Waals surface area contributed by atoms with Gasteiger partial charge in [0, 0.05) is 13.6 Å². The molecule has 0 bridgehead atoms. The Morgan fingerprint density at radius 3 is 2.58 bits per heavy atom. The highest BCUT2D eigenvalue weighted by atomic mass is 35.5. The second kappa shape index (κ2) is 9.04. The summed E-state index contributed by atoms with van der Waals surface area (Å²) < 4.78 is 14.7. The average Bonchev–Trinajstić information content (AvgIpc) is 3.40. The summed E-state index contributed by atoms with van der Waals surface area (Å²) in [6.07, 6.45) is 1.20. The van der Waals surface area contributed by atoms with Crippen molar-refractivity contribution in [1.29, 1.82) is 0 Å². The molecule has 0 unspecified atom stereocenters. The molecule has 3 heterocycles. The Hall–Kier alpha value is -3.70. The smallest absolute Gasteiger partial charge is 0.272 e. The molecule has 0 radical (unpaired) electrons. The van der Waals surface area contributed by atoms with Gasteiger partial charge in [-0.25, -0.2) is 14.4 Å². The second-order valence-electron chi connectivity index (χ2n) is 7.00. The summed E-state index contributed by atoms with van der Waals surface area (Å²) in [7, 11) is 1.59. The second-order valence-corrected chi connectivity index (χ2v) is 8.49. The summed E-state index contributed by atoms with van der Waals surface area (Å²) in [6, 6.07) is 7.29. The molecule has 0 saturated carbocycles. The van der Waals surface area contributed by atoms with Crippen LogP contribution in [0, 0.1) is 5.82 Å². The van der Waals surface area contributed by atoms with Crippen LogP contribution < -0.4 is 10.6 Å². The number of rotatable bonds is 6. The van der Waals surface area contributed by atoms with E-state index in [0.717, 1.165) is 11.3 Å². The summed E-state index contributed by atoms with van der Waals surface area (Å²) >= 11 is 6.85. The van der Waals surface area contributed by atoms with Gasteiger partial charge in [-0.05, 0) is 36.8 Å². The van der Waals surface area contributed by atoms with Crippen molar-refractivity contribution in [2.45, 2.75) is 13.5 Å². The molecule has 1 aromatic carbocycles. The molecule has 0 aliphatic heterocycles. The molecule has 9 nitrogen and oxygen atoms in total. The van der Waals surface area contributed by atoms with Crippen molar-refractivity contribution < 1.29 is 18.8 Å². The molecule has 3 aromatic heterocycles. The van der Waals surface area contributed by atoms with Gasteiger partial charge in [0.1, 0.15) is 23.2 Å². The van der Waals surface area contributed by atoms with E-state index in [-0.39, 0.29) is 34.4 Å².